The monoisotopic (exact) mass is 2010 g/mol. The van der Waals surface area contributed by atoms with Crippen LogP contribution in [-0.2, 0) is 126 Å². The van der Waals surface area contributed by atoms with Gasteiger partial charge >= 0.3 is 0 Å². The largest absolute Gasteiger partial charge is 0.368 e. The van der Waals surface area contributed by atoms with Gasteiger partial charge in [-0.2, -0.15) is 0 Å². The second kappa shape index (κ2) is 303. The van der Waals surface area contributed by atoms with Crippen molar-refractivity contribution >= 4 is 7.28 Å². The van der Waals surface area contributed by atoms with Gasteiger partial charge in [0.25, 0.3) is 0 Å². The fraction of sp³-hybridized carbons (Fsp3) is 0.373. The summed E-state index contributed by atoms with van der Waals surface area (Å²) in [6.45, 7) is 4.42. The van der Waals surface area contributed by atoms with Gasteiger partial charge in [0.1, 0.15) is 7.28 Å². The van der Waals surface area contributed by atoms with Crippen LogP contribution in [0.1, 0.15) is 129 Å². The standard InChI is InChI=1S/C7H14.C5H11B.C5H10.C5H12.C4H5N.C3H4N2.30CH3.6W/c1-2-4-6-7-5-3-1;1-2-4-6-5-3-1;1-2-4-5-3-1;1-3-5-4-2;1-2-4-5-3-1;1-2-5-3-4-1;;;;;;;;;;;;;;;;;;;;;;;;;;;;;;;;;;;;/h1-7H2;6H,1-5H2;1-5H2;3-5H2,1-2H3;1-5H;1-3H,(H,4,5);30*1H3;;;;;;/q;;;;;;30*-1;;;;;;. The third kappa shape index (κ3) is 312. The molecule has 3 heterocycles. The number of imidazole rings is 1. The van der Waals surface area contributed by atoms with Crippen molar-refractivity contribution in [3.05, 3.63) is 266 Å². The molecule has 2 N–H and O–H groups in total. The zero-order valence-corrected chi connectivity index (χ0v) is 72.4. The van der Waals surface area contributed by atoms with Crippen LogP contribution in [0.2, 0.25) is 12.6 Å². The molecule has 2 saturated carbocycles. The first-order valence-electron chi connectivity index (χ1n) is 14.4. The van der Waals surface area contributed by atoms with Crippen LogP contribution in [0, 0.1) is 223 Å². The fourth-order valence-corrected chi connectivity index (χ4v) is 4.03. The first-order chi connectivity index (χ1) is 16.4. The number of nitrogens with zero attached hydrogens (tertiary/aromatic N) is 1. The summed E-state index contributed by atoms with van der Waals surface area (Å²) >= 11 is 0. The number of hydrogen-bond donors (Lipinski definition) is 2. The van der Waals surface area contributed by atoms with Crippen LogP contribution in [-0.4, -0.2) is 22.2 Å². The topological polar surface area (TPSA) is 44.5 Å². The Bertz CT molecular complexity index is 423. The van der Waals surface area contributed by atoms with Crippen LogP contribution in [0.15, 0.2) is 43.2 Å². The van der Waals surface area contributed by atoms with Gasteiger partial charge in [-0.15, -0.1) is 0 Å². The Labute approximate surface area is 551 Å². The van der Waals surface area contributed by atoms with Gasteiger partial charge in [-0.25, -0.2) is 4.98 Å². The van der Waals surface area contributed by atoms with Crippen molar-refractivity contribution < 1.29 is 126 Å². The maximum atomic E-state index is 3.67. The second-order valence-corrected chi connectivity index (χ2v) is 9.36. The first-order valence-corrected chi connectivity index (χ1v) is 14.4. The van der Waals surface area contributed by atoms with Crippen LogP contribution in [0.4, 0.5) is 0 Å². The van der Waals surface area contributed by atoms with E-state index in [0.717, 1.165) is 0 Å². The molecule has 5 rings (SSSR count). The molecule has 2 aromatic rings. The molecule has 0 amide bonds. The zero-order chi connectivity index (χ0) is 23.9. The smallest absolute Gasteiger partial charge is 0.120 e. The molecule has 3 aliphatic rings. The molecular weight excluding hydrogens is 1860 g/mol. The van der Waals surface area contributed by atoms with Gasteiger partial charge in [-0.1, -0.05) is 142 Å². The molecule has 10 heteroatoms. The molecule has 1 aliphatic heterocycles. The molecule has 0 aromatic carbocycles. The fourth-order valence-electron chi connectivity index (χ4n) is 4.03. The number of aromatic amines is 2. The average molecular weight is 2010 g/mol. The van der Waals surface area contributed by atoms with E-state index in [-0.39, 0.29) is 349 Å². The van der Waals surface area contributed by atoms with Crippen LogP contribution < -0.4 is 0 Å². The number of H-pyrrole nitrogens is 2. The number of nitrogens with one attached hydrogen (secondary N) is 2. The Kier molecular flexibility index (Phi) is 1310. The SMILES string of the molecule is B1CCCCC1.C1CCCC1.C1CCCCCC1.CCCCC.[CH3-].[CH3-].[CH3-].[CH3-].[CH3-].[CH3-].[CH3-].[CH3-].[CH3-].[CH3-].[CH3-].[CH3-].[CH3-].[CH3-].[CH3-].[CH3-].[CH3-].[CH3-].[CH3-].[CH3-].[CH3-].[CH3-].[CH3-].[CH3-].[CH3-].[CH3-].[CH3-].[CH3-].[CH3-].[CH3-].[W].[W].[W].[W].[W].[W].c1c[nH]cn1.c1cc[nH]c1. The summed E-state index contributed by atoms with van der Waals surface area (Å²) in [5.41, 5.74) is 0. The molecular formula is C59H146BN3W6-30. The Morgan fingerprint density at radius 2 is 0.507 bits per heavy atom. The summed E-state index contributed by atoms with van der Waals surface area (Å²) in [5.74, 6) is 0. The van der Waals surface area contributed by atoms with E-state index >= 15 is 0 Å². The summed E-state index contributed by atoms with van der Waals surface area (Å²) in [5, 5.41) is 0. The van der Waals surface area contributed by atoms with E-state index in [1.807, 2.05) is 24.5 Å². The molecule has 0 atom stereocenters. The van der Waals surface area contributed by atoms with Crippen LogP contribution in [0.5, 0.6) is 0 Å². The summed E-state index contributed by atoms with van der Waals surface area (Å²) in [6, 6.07) is 3.89. The number of rotatable bonds is 2. The third-order valence-corrected chi connectivity index (χ3v) is 6.11. The molecule has 2 aliphatic carbocycles. The molecule has 466 valence electrons. The summed E-state index contributed by atoms with van der Waals surface area (Å²) < 4.78 is 0. The third-order valence-electron chi connectivity index (χ3n) is 6.11. The van der Waals surface area contributed by atoms with Crippen LogP contribution in [0.3, 0.4) is 0 Å². The molecule has 0 bridgehead atoms. The molecule has 3 nitrogen and oxygen atoms in total. The summed E-state index contributed by atoms with van der Waals surface area (Å²) in [4.78, 5) is 9.28. The first kappa shape index (κ1) is 298. The van der Waals surface area contributed by atoms with Gasteiger partial charge in [0, 0.05) is 151 Å². The number of aromatic nitrogens is 3. The zero-order valence-electron chi connectivity index (χ0n) is 54.8. The molecule has 1 saturated heterocycles. The normalized spacial score (nSPS) is 7.91. The maximum absolute atomic E-state index is 3.67. The van der Waals surface area contributed by atoms with Gasteiger partial charge in [-0.3, -0.25) is 0 Å². The Morgan fingerprint density at radius 3 is 0.565 bits per heavy atom. The predicted octanol–water partition coefficient (Wildman–Crippen LogP) is 23.2. The minimum atomic E-state index is 0. The molecule has 0 spiro atoms. The van der Waals surface area contributed by atoms with E-state index in [2.05, 4.69) is 28.8 Å². The quantitative estimate of drug-likeness (QED) is 0.176. The maximum Gasteiger partial charge on any atom is 0.120 e. The number of unbranched alkanes of at least 4 members (excludes halogenated alkanes) is 2. The summed E-state index contributed by atoms with van der Waals surface area (Å²) in [7, 11) is 1.50. The van der Waals surface area contributed by atoms with Gasteiger partial charge in [0.05, 0.1) is 6.33 Å². The van der Waals surface area contributed by atoms with Crippen molar-refractivity contribution in [2.75, 3.05) is 0 Å². The van der Waals surface area contributed by atoms with E-state index in [9.17, 15) is 0 Å². The van der Waals surface area contributed by atoms with Crippen LogP contribution >= 0.6 is 0 Å². The average Bonchev–Trinajstić information content (AvgIpc) is 3.68. The van der Waals surface area contributed by atoms with Crippen molar-refractivity contribution in [2.45, 2.75) is 142 Å². The minimum absolute atomic E-state index is 0. The van der Waals surface area contributed by atoms with E-state index in [1.54, 1.807) is 18.7 Å². The van der Waals surface area contributed by atoms with E-state index < -0.39 is 0 Å². The van der Waals surface area contributed by atoms with Crippen molar-refractivity contribution in [3.63, 3.8) is 0 Å². The van der Waals surface area contributed by atoms with Crippen LogP contribution in [0.25, 0.3) is 0 Å². The second-order valence-electron chi connectivity index (χ2n) is 9.36. The molecule has 3 fully saturated rings. The molecule has 2 aromatic heterocycles. The minimum Gasteiger partial charge on any atom is -0.368 e. The van der Waals surface area contributed by atoms with Crippen molar-refractivity contribution in [3.8, 4) is 0 Å². The summed E-state index contributed by atoms with van der Waals surface area (Å²) in [6.07, 6.45) is 38.4. The van der Waals surface area contributed by atoms with Gasteiger partial charge < -0.3 is 233 Å². The molecule has 69 heavy (non-hydrogen) atoms. The predicted molar refractivity (Wildman–Crippen MR) is 343 cm³/mol. The number of hydrogen-bond acceptors (Lipinski definition) is 1. The Balaban J connectivity index is -0.00000000462. The van der Waals surface area contributed by atoms with Gasteiger partial charge in [-0.05, 0) is 12.1 Å². The Hall–Kier alpha value is 2.68. The molecule has 0 radical (unpaired) electrons. The van der Waals surface area contributed by atoms with E-state index in [0.29, 0.717) is 0 Å². The van der Waals surface area contributed by atoms with Gasteiger partial charge in [0.15, 0.2) is 0 Å². The molecule has 0 unspecified atom stereocenters. The van der Waals surface area contributed by atoms with E-state index in [1.165, 1.54) is 135 Å². The van der Waals surface area contributed by atoms with E-state index in [4.69, 9.17) is 0 Å². The van der Waals surface area contributed by atoms with Crippen molar-refractivity contribution in [1.82, 2.24) is 15.0 Å². The van der Waals surface area contributed by atoms with Crippen molar-refractivity contribution in [1.29, 1.82) is 0 Å². The van der Waals surface area contributed by atoms with Gasteiger partial charge in [0.2, 0.25) is 0 Å². The van der Waals surface area contributed by atoms with Crippen molar-refractivity contribution in [2.24, 2.45) is 0 Å². The Morgan fingerprint density at radius 1 is 0.304 bits per heavy atom.